The number of hydrogen-bond donors (Lipinski definition) is 0. The normalized spacial score (nSPS) is 12.6. The molecule has 25 heavy (non-hydrogen) atoms. The first-order chi connectivity index (χ1) is 11.5. The first-order valence-corrected chi connectivity index (χ1v) is 7.31. The van der Waals surface area contributed by atoms with E-state index in [4.69, 9.17) is 23.7 Å². The maximum atomic E-state index is 11.4. The number of hydrogen-bond acceptors (Lipinski definition) is 10. The van der Waals surface area contributed by atoms with Gasteiger partial charge in [-0.25, -0.2) is 0 Å². The molecule has 2 atom stereocenters. The van der Waals surface area contributed by atoms with Gasteiger partial charge in [-0.2, -0.15) is 0 Å². The highest BCUT2D eigenvalue weighted by Gasteiger charge is 2.38. The number of esters is 5. The fourth-order valence-electron chi connectivity index (χ4n) is 1.80. The van der Waals surface area contributed by atoms with Crippen molar-refractivity contribution in [3.05, 3.63) is 0 Å². The maximum absolute atomic E-state index is 11.4. The van der Waals surface area contributed by atoms with E-state index in [1.165, 1.54) is 0 Å². The van der Waals surface area contributed by atoms with Crippen molar-refractivity contribution in [1.82, 2.24) is 0 Å². The van der Waals surface area contributed by atoms with Crippen LogP contribution in [0.3, 0.4) is 0 Å². The third kappa shape index (κ3) is 10.7. The van der Waals surface area contributed by atoms with Crippen LogP contribution in [-0.4, -0.2) is 61.4 Å². The van der Waals surface area contributed by atoms with Gasteiger partial charge in [0.2, 0.25) is 0 Å². The minimum atomic E-state index is -1.36. The molecule has 0 aromatic heterocycles. The van der Waals surface area contributed by atoms with Crippen LogP contribution in [0, 0.1) is 0 Å². The van der Waals surface area contributed by atoms with Crippen LogP contribution in [0.15, 0.2) is 0 Å². The molecule has 0 aliphatic heterocycles. The average molecular weight is 362 g/mol. The Labute approximate surface area is 144 Å². The number of rotatable bonds is 9. The molecule has 0 spiro atoms. The summed E-state index contributed by atoms with van der Waals surface area (Å²) in [6, 6.07) is 0. The molecule has 0 unspecified atom stereocenters. The molecule has 0 rings (SSSR count). The van der Waals surface area contributed by atoms with Gasteiger partial charge in [0.25, 0.3) is 0 Å². The molecule has 0 bridgehead atoms. The van der Waals surface area contributed by atoms with Gasteiger partial charge < -0.3 is 23.7 Å². The molecule has 10 nitrogen and oxygen atoms in total. The summed E-state index contributed by atoms with van der Waals surface area (Å²) >= 11 is 0. The molecule has 0 N–H and O–H groups in total. The van der Waals surface area contributed by atoms with Gasteiger partial charge in [-0.3, -0.25) is 24.0 Å². The summed E-state index contributed by atoms with van der Waals surface area (Å²) in [5.74, 6) is -3.60. The number of carbonyl (C=O) groups excluding carboxylic acids is 5. The van der Waals surface area contributed by atoms with Gasteiger partial charge >= 0.3 is 29.8 Å². The lowest BCUT2D eigenvalue weighted by Crippen LogP contribution is -2.49. The van der Waals surface area contributed by atoms with E-state index in [0.717, 1.165) is 34.6 Å². The monoisotopic (exact) mass is 362 g/mol. The van der Waals surface area contributed by atoms with Crippen LogP contribution in [-0.2, 0) is 47.7 Å². The van der Waals surface area contributed by atoms with E-state index >= 15 is 0 Å². The van der Waals surface area contributed by atoms with Crippen molar-refractivity contribution in [2.75, 3.05) is 13.2 Å². The van der Waals surface area contributed by atoms with E-state index in [1.54, 1.807) is 0 Å². The third-order valence-corrected chi connectivity index (χ3v) is 2.57. The lowest BCUT2D eigenvalue weighted by Gasteiger charge is -2.31. The Hall–Kier alpha value is -2.65. The second-order valence-electron chi connectivity index (χ2n) is 4.97. The van der Waals surface area contributed by atoms with Crippen molar-refractivity contribution in [1.29, 1.82) is 0 Å². The van der Waals surface area contributed by atoms with Gasteiger partial charge in [0, 0.05) is 34.6 Å². The lowest BCUT2D eigenvalue weighted by molar-refractivity contribution is -0.194. The smallest absolute Gasteiger partial charge is 0.303 e. The van der Waals surface area contributed by atoms with Crippen molar-refractivity contribution in [2.24, 2.45) is 0 Å². The van der Waals surface area contributed by atoms with Gasteiger partial charge in [0.1, 0.15) is 13.2 Å². The van der Waals surface area contributed by atoms with Crippen molar-refractivity contribution in [3.63, 3.8) is 0 Å². The van der Waals surface area contributed by atoms with E-state index in [9.17, 15) is 24.0 Å². The SMILES string of the molecule is CC(=O)OC[C@@H](OC(C)=O)C(OC(C)=O)[C@@H](COC(C)=O)OC(C)=O. The molecule has 0 heterocycles. The first-order valence-electron chi connectivity index (χ1n) is 7.31. The molecule has 0 aliphatic carbocycles. The van der Waals surface area contributed by atoms with Crippen molar-refractivity contribution >= 4 is 29.8 Å². The summed E-state index contributed by atoms with van der Waals surface area (Å²) in [5, 5.41) is 0. The first kappa shape index (κ1) is 22.4. The molecular formula is C15H22O10. The van der Waals surface area contributed by atoms with E-state index in [1.807, 2.05) is 0 Å². The molecule has 0 radical (unpaired) electrons. The molecule has 142 valence electrons. The predicted octanol–water partition coefficient (Wildman–Crippen LogP) is -0.0923. The maximum Gasteiger partial charge on any atom is 0.303 e. The minimum absolute atomic E-state index is 0.454. The van der Waals surface area contributed by atoms with Gasteiger partial charge in [-0.15, -0.1) is 0 Å². The van der Waals surface area contributed by atoms with E-state index in [-0.39, 0.29) is 0 Å². The Morgan fingerprint density at radius 3 is 1.12 bits per heavy atom. The summed E-state index contributed by atoms with van der Waals surface area (Å²) in [5.41, 5.74) is 0. The molecular weight excluding hydrogens is 340 g/mol. The predicted molar refractivity (Wildman–Crippen MR) is 79.9 cm³/mol. The van der Waals surface area contributed by atoms with Gasteiger partial charge in [-0.1, -0.05) is 0 Å². The highest BCUT2D eigenvalue weighted by Crippen LogP contribution is 2.16. The molecule has 0 saturated heterocycles. The van der Waals surface area contributed by atoms with Crippen LogP contribution in [0.4, 0.5) is 0 Å². The standard InChI is InChI=1S/C15H22O10/c1-8(16)21-6-13(23-10(3)18)15(25-12(5)20)14(24-11(4)19)7-22-9(2)17/h13-15H,6-7H2,1-5H3/t13-,14-/m1/s1. The minimum Gasteiger partial charge on any atom is -0.462 e. The zero-order chi connectivity index (χ0) is 19.6. The van der Waals surface area contributed by atoms with Crippen molar-refractivity contribution in [3.8, 4) is 0 Å². The summed E-state index contributed by atoms with van der Waals surface area (Å²) in [4.78, 5) is 56.0. The second-order valence-corrected chi connectivity index (χ2v) is 4.97. The Bertz CT molecular complexity index is 474. The lowest BCUT2D eigenvalue weighted by atomic mass is 10.1. The summed E-state index contributed by atoms with van der Waals surface area (Å²) in [6.45, 7) is 4.63. The zero-order valence-corrected chi connectivity index (χ0v) is 14.7. The largest absolute Gasteiger partial charge is 0.462 e. The van der Waals surface area contributed by atoms with Crippen molar-refractivity contribution < 1.29 is 47.7 Å². The summed E-state index contributed by atoms with van der Waals surface area (Å²) < 4.78 is 24.7. The number of ether oxygens (including phenoxy) is 5. The number of carbonyl (C=O) groups is 5. The molecule has 0 aromatic carbocycles. The zero-order valence-electron chi connectivity index (χ0n) is 14.7. The quantitative estimate of drug-likeness (QED) is 0.405. The summed E-state index contributed by atoms with van der Waals surface area (Å²) in [7, 11) is 0. The highest BCUT2D eigenvalue weighted by atomic mass is 16.6. The van der Waals surface area contributed by atoms with Crippen LogP contribution in [0.25, 0.3) is 0 Å². The Kier molecular flexibility index (Phi) is 9.83. The second kappa shape index (κ2) is 11.0. The fourth-order valence-corrected chi connectivity index (χ4v) is 1.80. The third-order valence-electron chi connectivity index (χ3n) is 2.57. The van der Waals surface area contributed by atoms with Gasteiger partial charge in [0.05, 0.1) is 0 Å². The van der Waals surface area contributed by atoms with Crippen LogP contribution in [0.1, 0.15) is 34.6 Å². The average Bonchev–Trinajstić information content (AvgIpc) is 2.44. The fraction of sp³-hybridized carbons (Fsp3) is 0.667. The van der Waals surface area contributed by atoms with Gasteiger partial charge in [-0.05, 0) is 0 Å². The van der Waals surface area contributed by atoms with E-state index in [0.29, 0.717) is 0 Å². The summed E-state index contributed by atoms with van der Waals surface area (Å²) in [6.07, 6.45) is -3.90. The topological polar surface area (TPSA) is 132 Å². The van der Waals surface area contributed by atoms with Crippen LogP contribution < -0.4 is 0 Å². The molecule has 10 heteroatoms. The van der Waals surface area contributed by atoms with E-state index < -0.39 is 61.4 Å². The molecule has 0 fully saturated rings. The Balaban J connectivity index is 5.56. The Morgan fingerprint density at radius 2 is 0.880 bits per heavy atom. The van der Waals surface area contributed by atoms with Crippen molar-refractivity contribution in [2.45, 2.75) is 52.9 Å². The van der Waals surface area contributed by atoms with Gasteiger partial charge in [0.15, 0.2) is 18.3 Å². The van der Waals surface area contributed by atoms with Crippen LogP contribution in [0.5, 0.6) is 0 Å². The molecule has 0 aliphatic rings. The van der Waals surface area contributed by atoms with Crippen LogP contribution >= 0.6 is 0 Å². The molecule has 0 saturated carbocycles. The molecule has 0 amide bonds. The molecule has 0 aromatic rings. The Morgan fingerprint density at radius 1 is 0.560 bits per heavy atom. The van der Waals surface area contributed by atoms with E-state index in [2.05, 4.69) is 0 Å². The highest BCUT2D eigenvalue weighted by molar-refractivity contribution is 5.69. The van der Waals surface area contributed by atoms with Crippen LogP contribution in [0.2, 0.25) is 0 Å².